The van der Waals surface area contributed by atoms with Crippen molar-refractivity contribution in [3.05, 3.63) is 81.6 Å². The van der Waals surface area contributed by atoms with Crippen molar-refractivity contribution in [2.75, 3.05) is 5.32 Å². The van der Waals surface area contributed by atoms with Gasteiger partial charge >= 0.3 is 0 Å². The molecule has 0 aliphatic heterocycles. The molecule has 0 aliphatic rings. The zero-order valence-corrected chi connectivity index (χ0v) is 17.8. The molecular weight excluding hydrogens is 410 g/mol. The van der Waals surface area contributed by atoms with E-state index in [1.54, 1.807) is 12.1 Å². The van der Waals surface area contributed by atoms with Gasteiger partial charge in [0.2, 0.25) is 15.0 Å². The number of hydrogen-bond donors (Lipinski definition) is 1. The maximum atomic E-state index is 12.8. The molecule has 0 aliphatic carbocycles. The molecule has 1 amide bonds. The number of carbonyl (C=O) groups is 1. The Balaban J connectivity index is 1.92. The third kappa shape index (κ3) is 4.81. The Labute approximate surface area is 174 Å². The fourth-order valence-electron chi connectivity index (χ4n) is 2.75. The normalized spacial score (nSPS) is 11.3. The fourth-order valence-corrected chi connectivity index (χ4v) is 4.24. The number of nitrogens with zero attached hydrogens (tertiary/aromatic N) is 2. The lowest BCUT2D eigenvalue weighted by Gasteiger charge is -2.11. The second-order valence-corrected chi connectivity index (χ2v) is 9.10. The van der Waals surface area contributed by atoms with Crippen LogP contribution in [0.25, 0.3) is 0 Å². The van der Waals surface area contributed by atoms with Crippen LogP contribution >= 0.6 is 11.6 Å². The summed E-state index contributed by atoms with van der Waals surface area (Å²) in [5.74, 6) is -0.863. The molecule has 0 fully saturated rings. The number of rotatable bonds is 5. The van der Waals surface area contributed by atoms with Gasteiger partial charge < -0.3 is 5.32 Å². The molecule has 150 valence electrons. The van der Waals surface area contributed by atoms with Crippen molar-refractivity contribution < 1.29 is 13.2 Å². The highest BCUT2D eigenvalue weighted by atomic mass is 35.5. The van der Waals surface area contributed by atoms with Gasteiger partial charge in [0.15, 0.2) is 5.69 Å². The Bertz CT molecular complexity index is 1190. The number of amides is 1. The van der Waals surface area contributed by atoms with E-state index in [0.29, 0.717) is 11.3 Å². The number of nitrogens with one attached hydrogen (secondary N) is 1. The molecule has 0 bridgehead atoms. The van der Waals surface area contributed by atoms with E-state index in [9.17, 15) is 13.2 Å². The molecule has 0 saturated carbocycles. The van der Waals surface area contributed by atoms with Gasteiger partial charge in [0.25, 0.3) is 5.91 Å². The van der Waals surface area contributed by atoms with Gasteiger partial charge in [-0.15, -0.1) is 0 Å². The SMILES string of the molecule is Cc1ccc(C)c(NC(=O)c2nc(S(=O)(=O)Cc3ccccc3C)ncc2Cl)c1. The standard InChI is InChI=1S/C21H20ClN3O3S/c1-13-8-9-15(3)18(10-13)24-20(26)19-17(22)11-23-21(25-19)29(27,28)12-16-7-5-4-6-14(16)2/h4-11H,12H2,1-3H3,(H,24,26). The van der Waals surface area contributed by atoms with Crippen LogP contribution in [0.15, 0.2) is 53.8 Å². The third-order valence-electron chi connectivity index (χ3n) is 4.46. The zero-order chi connectivity index (χ0) is 21.2. The third-order valence-corrected chi connectivity index (χ3v) is 6.18. The molecule has 0 radical (unpaired) electrons. The summed E-state index contributed by atoms with van der Waals surface area (Å²) >= 11 is 6.08. The molecule has 0 saturated heterocycles. The Kier molecular flexibility index (Phi) is 6.00. The largest absolute Gasteiger partial charge is 0.320 e. The summed E-state index contributed by atoms with van der Waals surface area (Å²) in [7, 11) is -3.86. The lowest BCUT2D eigenvalue weighted by Crippen LogP contribution is -2.18. The molecule has 0 atom stereocenters. The minimum atomic E-state index is -3.86. The number of aromatic nitrogens is 2. The van der Waals surface area contributed by atoms with Crippen LogP contribution in [-0.2, 0) is 15.6 Å². The molecule has 8 heteroatoms. The first-order valence-corrected chi connectivity index (χ1v) is 10.9. The van der Waals surface area contributed by atoms with Crippen LogP contribution in [0.2, 0.25) is 5.02 Å². The number of hydrogen-bond acceptors (Lipinski definition) is 5. The van der Waals surface area contributed by atoms with Crippen molar-refractivity contribution in [1.29, 1.82) is 0 Å². The summed E-state index contributed by atoms with van der Waals surface area (Å²) in [6, 6.07) is 12.8. The van der Waals surface area contributed by atoms with Gasteiger partial charge in [-0.05, 0) is 49.1 Å². The highest BCUT2D eigenvalue weighted by Gasteiger charge is 2.23. The van der Waals surface area contributed by atoms with Gasteiger partial charge in [-0.2, -0.15) is 0 Å². The Morgan fingerprint density at radius 3 is 2.52 bits per heavy atom. The highest BCUT2D eigenvalue weighted by molar-refractivity contribution is 7.90. The molecular formula is C21H20ClN3O3S. The molecule has 0 unspecified atom stereocenters. The first kappa shape index (κ1) is 21.0. The summed E-state index contributed by atoms with van der Waals surface area (Å²) in [5, 5.41) is 2.28. The highest BCUT2D eigenvalue weighted by Crippen LogP contribution is 2.22. The topological polar surface area (TPSA) is 89.0 Å². The second kappa shape index (κ2) is 8.31. The number of benzene rings is 2. The lowest BCUT2D eigenvalue weighted by atomic mass is 10.1. The number of sulfone groups is 1. The average Bonchev–Trinajstić information content (AvgIpc) is 2.66. The van der Waals surface area contributed by atoms with E-state index in [4.69, 9.17) is 11.6 Å². The van der Waals surface area contributed by atoms with Crippen LogP contribution < -0.4 is 5.32 Å². The molecule has 29 heavy (non-hydrogen) atoms. The Hall–Kier alpha value is -2.77. The van der Waals surface area contributed by atoms with Crippen LogP contribution in [0.5, 0.6) is 0 Å². The lowest BCUT2D eigenvalue weighted by molar-refractivity contribution is 0.102. The van der Waals surface area contributed by atoms with Gasteiger partial charge in [-0.1, -0.05) is 48.0 Å². The van der Waals surface area contributed by atoms with Crippen LogP contribution in [-0.4, -0.2) is 24.3 Å². The van der Waals surface area contributed by atoms with Crippen molar-refractivity contribution in [3.8, 4) is 0 Å². The first-order chi connectivity index (χ1) is 13.7. The van der Waals surface area contributed by atoms with Crippen LogP contribution in [0.3, 0.4) is 0 Å². The molecule has 0 spiro atoms. The second-order valence-electron chi connectivity index (χ2n) is 6.81. The molecule has 1 aromatic heterocycles. The van der Waals surface area contributed by atoms with Crippen LogP contribution in [0.4, 0.5) is 5.69 Å². The number of halogens is 1. The van der Waals surface area contributed by atoms with Gasteiger partial charge in [0, 0.05) is 5.69 Å². The summed E-state index contributed by atoms with van der Waals surface area (Å²) in [6.07, 6.45) is 1.14. The van der Waals surface area contributed by atoms with Gasteiger partial charge in [0.1, 0.15) is 0 Å². The van der Waals surface area contributed by atoms with E-state index in [2.05, 4.69) is 15.3 Å². The van der Waals surface area contributed by atoms with Gasteiger partial charge in [-0.3, -0.25) is 4.79 Å². The monoisotopic (exact) mass is 429 g/mol. The van der Waals surface area contributed by atoms with Crippen molar-refractivity contribution in [2.24, 2.45) is 0 Å². The quantitative estimate of drug-likeness (QED) is 0.611. The summed E-state index contributed by atoms with van der Waals surface area (Å²) in [5.41, 5.74) is 3.74. The molecule has 1 N–H and O–H groups in total. The molecule has 2 aromatic carbocycles. The molecule has 3 aromatic rings. The van der Waals surface area contributed by atoms with E-state index < -0.39 is 20.9 Å². The maximum absolute atomic E-state index is 12.8. The minimum absolute atomic E-state index is 0.0253. The summed E-state index contributed by atoms with van der Waals surface area (Å²) in [6.45, 7) is 5.59. The van der Waals surface area contributed by atoms with E-state index in [1.165, 1.54) is 0 Å². The first-order valence-electron chi connectivity index (χ1n) is 8.86. The van der Waals surface area contributed by atoms with Crippen molar-refractivity contribution >= 4 is 33.0 Å². The number of carbonyl (C=O) groups excluding carboxylic acids is 1. The summed E-state index contributed by atoms with van der Waals surface area (Å²) in [4.78, 5) is 20.5. The predicted molar refractivity (Wildman–Crippen MR) is 113 cm³/mol. The smallest absolute Gasteiger partial charge is 0.275 e. The predicted octanol–water partition coefficient (Wildman–Crippen LogP) is 4.28. The van der Waals surface area contributed by atoms with Crippen molar-refractivity contribution in [2.45, 2.75) is 31.7 Å². The fraction of sp³-hybridized carbons (Fsp3) is 0.190. The minimum Gasteiger partial charge on any atom is -0.320 e. The van der Waals surface area contributed by atoms with E-state index in [0.717, 1.165) is 22.9 Å². The number of aryl methyl sites for hydroxylation is 3. The van der Waals surface area contributed by atoms with E-state index in [1.807, 2.05) is 51.1 Å². The molecule has 6 nitrogen and oxygen atoms in total. The average molecular weight is 430 g/mol. The van der Waals surface area contributed by atoms with Gasteiger partial charge in [0.05, 0.1) is 17.0 Å². The number of anilines is 1. The van der Waals surface area contributed by atoms with Crippen LogP contribution in [0, 0.1) is 20.8 Å². The van der Waals surface area contributed by atoms with E-state index in [-0.39, 0.29) is 16.5 Å². The Morgan fingerprint density at radius 2 is 1.79 bits per heavy atom. The zero-order valence-electron chi connectivity index (χ0n) is 16.2. The molecule has 3 rings (SSSR count). The Morgan fingerprint density at radius 1 is 1.07 bits per heavy atom. The van der Waals surface area contributed by atoms with E-state index >= 15 is 0 Å². The van der Waals surface area contributed by atoms with Gasteiger partial charge in [-0.25, -0.2) is 18.4 Å². The maximum Gasteiger partial charge on any atom is 0.275 e. The van der Waals surface area contributed by atoms with Crippen molar-refractivity contribution in [3.63, 3.8) is 0 Å². The summed E-state index contributed by atoms with van der Waals surface area (Å²) < 4.78 is 25.6. The van der Waals surface area contributed by atoms with Crippen LogP contribution in [0.1, 0.15) is 32.7 Å². The molecule has 1 heterocycles. The van der Waals surface area contributed by atoms with Crippen molar-refractivity contribution in [1.82, 2.24) is 9.97 Å².